The molecule has 0 atom stereocenters. The molecular weight excluding hydrogens is 655 g/mol. The number of fused-ring (bicyclic) bond motifs is 9. The van der Waals surface area contributed by atoms with Crippen LogP contribution in [0.3, 0.4) is 0 Å². The van der Waals surface area contributed by atoms with E-state index in [0.717, 1.165) is 50.1 Å². The minimum atomic E-state index is -0.0277. The van der Waals surface area contributed by atoms with Gasteiger partial charge < -0.3 is 9.32 Å². The standard InChI is InChI=1S/C52H39NO/c1-52(2,3)49-22-12-21-47-46-20-11-19-40(50(46)54-51(47)49)36-25-29-38(30-26-36)53(37-27-23-35(24-28-37)34-13-5-4-6-14-34)39-31-32-45-43-17-8-7-15-41(43)42-16-9-10-18-44(42)48(45)33-39/h4-33H,1-3H3. The summed E-state index contributed by atoms with van der Waals surface area (Å²) in [6.45, 7) is 6.74. The Morgan fingerprint density at radius 3 is 1.43 bits per heavy atom. The van der Waals surface area contributed by atoms with Gasteiger partial charge in [0.05, 0.1) is 0 Å². The fourth-order valence-corrected chi connectivity index (χ4v) is 8.34. The van der Waals surface area contributed by atoms with Crippen molar-refractivity contribution >= 4 is 71.3 Å². The molecule has 0 spiro atoms. The number of nitrogens with zero attached hydrogens (tertiary/aromatic N) is 1. The number of rotatable bonds is 5. The Morgan fingerprint density at radius 1 is 0.352 bits per heavy atom. The van der Waals surface area contributed by atoms with Gasteiger partial charge in [0.25, 0.3) is 0 Å². The van der Waals surface area contributed by atoms with E-state index in [1.807, 2.05) is 0 Å². The van der Waals surface area contributed by atoms with Crippen LogP contribution in [0, 0.1) is 0 Å². The molecule has 54 heavy (non-hydrogen) atoms. The Bertz CT molecular complexity index is 2970. The van der Waals surface area contributed by atoms with Gasteiger partial charge in [-0.1, -0.05) is 166 Å². The lowest BCUT2D eigenvalue weighted by atomic mass is 9.86. The second-order valence-electron chi connectivity index (χ2n) is 15.3. The van der Waals surface area contributed by atoms with E-state index in [1.54, 1.807) is 0 Å². The topological polar surface area (TPSA) is 16.4 Å². The van der Waals surface area contributed by atoms with Crippen molar-refractivity contribution in [2.24, 2.45) is 0 Å². The van der Waals surface area contributed by atoms with Crippen LogP contribution in [0.1, 0.15) is 26.3 Å². The maximum Gasteiger partial charge on any atom is 0.143 e. The first-order valence-corrected chi connectivity index (χ1v) is 18.8. The van der Waals surface area contributed by atoms with Gasteiger partial charge in [-0.2, -0.15) is 0 Å². The van der Waals surface area contributed by atoms with E-state index in [4.69, 9.17) is 4.42 Å². The van der Waals surface area contributed by atoms with Gasteiger partial charge >= 0.3 is 0 Å². The van der Waals surface area contributed by atoms with Crippen LogP contribution in [0.2, 0.25) is 0 Å². The van der Waals surface area contributed by atoms with Gasteiger partial charge in [-0.05, 0) is 90.8 Å². The Kier molecular flexibility index (Phi) is 7.42. The lowest BCUT2D eigenvalue weighted by Gasteiger charge is -2.26. The van der Waals surface area contributed by atoms with Crippen LogP contribution in [-0.4, -0.2) is 0 Å². The van der Waals surface area contributed by atoms with Crippen molar-refractivity contribution in [1.29, 1.82) is 0 Å². The highest BCUT2D eigenvalue weighted by molar-refractivity contribution is 6.25. The maximum atomic E-state index is 6.76. The van der Waals surface area contributed by atoms with Gasteiger partial charge in [0.2, 0.25) is 0 Å². The van der Waals surface area contributed by atoms with Gasteiger partial charge in [0.1, 0.15) is 11.2 Å². The van der Waals surface area contributed by atoms with Gasteiger partial charge in [-0.3, -0.25) is 0 Å². The number of para-hydroxylation sites is 2. The summed E-state index contributed by atoms with van der Waals surface area (Å²) >= 11 is 0. The predicted molar refractivity (Wildman–Crippen MR) is 230 cm³/mol. The fraction of sp³-hybridized carbons (Fsp3) is 0.0769. The monoisotopic (exact) mass is 693 g/mol. The molecule has 258 valence electrons. The van der Waals surface area contributed by atoms with Crippen LogP contribution in [-0.2, 0) is 5.41 Å². The average molecular weight is 694 g/mol. The lowest BCUT2D eigenvalue weighted by molar-refractivity contribution is 0.573. The maximum absolute atomic E-state index is 6.76. The van der Waals surface area contributed by atoms with E-state index in [-0.39, 0.29) is 5.41 Å². The molecule has 0 saturated carbocycles. The van der Waals surface area contributed by atoms with Gasteiger partial charge in [0, 0.05) is 39.0 Å². The molecule has 0 bridgehead atoms. The molecule has 2 heteroatoms. The molecule has 0 radical (unpaired) electrons. The SMILES string of the molecule is CC(C)(C)c1cccc2c1oc1c(-c3ccc(N(c4ccc(-c5ccccc5)cc4)c4ccc5c6ccccc6c6ccccc6c5c4)cc3)cccc12. The number of hydrogen-bond acceptors (Lipinski definition) is 2. The first-order valence-electron chi connectivity index (χ1n) is 18.8. The van der Waals surface area contributed by atoms with E-state index in [2.05, 4.69) is 208 Å². The molecule has 0 amide bonds. The molecule has 10 rings (SSSR count). The van der Waals surface area contributed by atoms with E-state index < -0.39 is 0 Å². The number of hydrogen-bond donors (Lipinski definition) is 0. The summed E-state index contributed by atoms with van der Waals surface area (Å²) in [5.74, 6) is 0. The smallest absolute Gasteiger partial charge is 0.143 e. The molecule has 2 nitrogen and oxygen atoms in total. The molecule has 0 aliphatic heterocycles. The van der Waals surface area contributed by atoms with Crippen molar-refractivity contribution in [1.82, 2.24) is 0 Å². The molecule has 9 aromatic carbocycles. The molecule has 1 heterocycles. The van der Waals surface area contributed by atoms with E-state index in [9.17, 15) is 0 Å². The summed E-state index contributed by atoms with van der Waals surface area (Å²) in [5.41, 5.74) is 11.0. The third kappa shape index (κ3) is 5.25. The third-order valence-corrected chi connectivity index (χ3v) is 11.0. The van der Waals surface area contributed by atoms with Crippen LogP contribution < -0.4 is 4.90 Å². The highest BCUT2D eigenvalue weighted by Crippen LogP contribution is 2.43. The molecule has 0 fully saturated rings. The van der Waals surface area contributed by atoms with Crippen molar-refractivity contribution in [3.63, 3.8) is 0 Å². The van der Waals surface area contributed by atoms with Crippen molar-refractivity contribution < 1.29 is 4.42 Å². The number of furan rings is 1. The molecule has 1 aromatic heterocycles. The average Bonchev–Trinajstić information content (AvgIpc) is 3.61. The Balaban J connectivity index is 1.13. The molecule has 0 aliphatic carbocycles. The minimum Gasteiger partial charge on any atom is -0.455 e. The van der Waals surface area contributed by atoms with Crippen LogP contribution >= 0.6 is 0 Å². The zero-order chi connectivity index (χ0) is 36.4. The second kappa shape index (κ2) is 12.5. The van der Waals surface area contributed by atoms with Gasteiger partial charge in [-0.25, -0.2) is 0 Å². The van der Waals surface area contributed by atoms with Gasteiger partial charge in [-0.15, -0.1) is 0 Å². The summed E-state index contributed by atoms with van der Waals surface area (Å²) in [5, 5.41) is 9.91. The summed E-state index contributed by atoms with van der Waals surface area (Å²) in [6.07, 6.45) is 0. The van der Waals surface area contributed by atoms with Crippen LogP contribution in [0.5, 0.6) is 0 Å². The summed E-state index contributed by atoms with van der Waals surface area (Å²) in [4.78, 5) is 2.37. The van der Waals surface area contributed by atoms with Crippen LogP contribution in [0.25, 0.3) is 76.5 Å². The lowest BCUT2D eigenvalue weighted by Crippen LogP contribution is -2.10. The first kappa shape index (κ1) is 32.0. The highest BCUT2D eigenvalue weighted by Gasteiger charge is 2.22. The molecule has 10 aromatic rings. The number of benzene rings is 9. The highest BCUT2D eigenvalue weighted by atomic mass is 16.3. The number of anilines is 3. The van der Waals surface area contributed by atoms with Crippen molar-refractivity contribution in [2.45, 2.75) is 26.2 Å². The summed E-state index contributed by atoms with van der Waals surface area (Å²) in [6, 6.07) is 66.0. The van der Waals surface area contributed by atoms with Crippen molar-refractivity contribution in [3.05, 3.63) is 188 Å². The summed E-state index contributed by atoms with van der Waals surface area (Å²) in [7, 11) is 0. The van der Waals surface area contributed by atoms with Crippen molar-refractivity contribution in [3.8, 4) is 22.3 Å². The Hall–Kier alpha value is -6.64. The Labute approximate surface area is 315 Å². The zero-order valence-electron chi connectivity index (χ0n) is 30.7. The quantitative estimate of drug-likeness (QED) is 0.167. The third-order valence-electron chi connectivity index (χ3n) is 11.0. The Morgan fingerprint density at radius 2 is 0.815 bits per heavy atom. The van der Waals surface area contributed by atoms with E-state index in [1.165, 1.54) is 49.0 Å². The fourth-order valence-electron chi connectivity index (χ4n) is 8.34. The van der Waals surface area contributed by atoms with Crippen LogP contribution in [0.15, 0.2) is 186 Å². The first-order chi connectivity index (χ1) is 26.4. The molecule has 0 unspecified atom stereocenters. The molecular formula is C52H39NO. The van der Waals surface area contributed by atoms with Crippen LogP contribution in [0.4, 0.5) is 17.1 Å². The second-order valence-corrected chi connectivity index (χ2v) is 15.3. The predicted octanol–water partition coefficient (Wildman–Crippen LogP) is 15.1. The summed E-state index contributed by atoms with van der Waals surface area (Å²) < 4.78 is 6.76. The zero-order valence-corrected chi connectivity index (χ0v) is 30.7. The molecule has 0 saturated heterocycles. The molecule has 0 aliphatic rings. The minimum absolute atomic E-state index is 0.0277. The normalized spacial score (nSPS) is 12.0. The van der Waals surface area contributed by atoms with E-state index in [0.29, 0.717) is 0 Å². The largest absolute Gasteiger partial charge is 0.455 e. The van der Waals surface area contributed by atoms with Gasteiger partial charge in [0.15, 0.2) is 0 Å². The van der Waals surface area contributed by atoms with Crippen molar-refractivity contribution in [2.75, 3.05) is 4.90 Å². The molecule has 0 N–H and O–H groups in total. The van der Waals surface area contributed by atoms with E-state index >= 15 is 0 Å².